The molecule has 1 amide bonds. The molecule has 6 rings (SSSR count). The molecular weight excluding hydrogens is 352 g/mol. The van der Waals surface area contributed by atoms with Crippen LogP contribution in [0.25, 0.3) is 0 Å². The van der Waals surface area contributed by atoms with Crippen LogP contribution in [-0.4, -0.2) is 65.6 Å². The third kappa shape index (κ3) is 2.97. The highest BCUT2D eigenvalue weighted by Crippen LogP contribution is 2.43. The lowest BCUT2D eigenvalue weighted by atomic mass is 9.64. The summed E-state index contributed by atoms with van der Waals surface area (Å²) in [7, 11) is 0. The maximum absolute atomic E-state index is 12.9. The molecular formula is C22H26N4O2. The Labute approximate surface area is 164 Å². The van der Waals surface area contributed by atoms with Crippen LogP contribution in [0.2, 0.25) is 0 Å². The summed E-state index contributed by atoms with van der Waals surface area (Å²) in [6.45, 7) is 6.28. The molecule has 1 aromatic heterocycles. The summed E-state index contributed by atoms with van der Waals surface area (Å²) in [5.41, 5.74) is 1.06. The number of rotatable bonds is 4. The lowest BCUT2D eigenvalue weighted by molar-refractivity contribution is -0.125. The van der Waals surface area contributed by atoms with Gasteiger partial charge < -0.3 is 19.7 Å². The summed E-state index contributed by atoms with van der Waals surface area (Å²) in [6, 6.07) is 15.7. The number of hydrogen-bond acceptors (Lipinski definition) is 4. The molecule has 1 N–H and O–H groups in total. The molecule has 4 saturated heterocycles. The van der Waals surface area contributed by atoms with E-state index in [0.29, 0.717) is 5.92 Å². The summed E-state index contributed by atoms with van der Waals surface area (Å²) < 4.78 is 1.47. The van der Waals surface area contributed by atoms with Crippen molar-refractivity contribution in [2.24, 2.45) is 5.92 Å². The van der Waals surface area contributed by atoms with E-state index in [1.165, 1.54) is 16.2 Å². The second kappa shape index (κ2) is 6.87. The van der Waals surface area contributed by atoms with Gasteiger partial charge in [0.1, 0.15) is 6.54 Å². The van der Waals surface area contributed by atoms with Crippen LogP contribution in [0, 0.1) is 5.92 Å². The molecule has 2 aromatic rings. The monoisotopic (exact) mass is 378 g/mol. The van der Waals surface area contributed by atoms with E-state index in [4.69, 9.17) is 0 Å². The largest absolute Gasteiger partial charge is 0.350 e. The Bertz CT molecular complexity index is 909. The van der Waals surface area contributed by atoms with Crippen LogP contribution >= 0.6 is 0 Å². The normalized spacial score (nSPS) is 33.4. The van der Waals surface area contributed by atoms with Gasteiger partial charge in [-0.15, -0.1) is 0 Å². The standard InChI is InChI=1S/C22H26N4O2/c27-19(14-26-9-5-4-8-20(26)28)23-21-17-12-24-10-11-25(13-17)16-22(21,15-24)18-6-2-1-3-7-18/h1-9,17,21H,10-16H2,(H,23,27). The molecule has 6 nitrogen and oxygen atoms in total. The average molecular weight is 378 g/mol. The Morgan fingerprint density at radius 3 is 2.36 bits per heavy atom. The van der Waals surface area contributed by atoms with Gasteiger partial charge in [-0.1, -0.05) is 36.4 Å². The van der Waals surface area contributed by atoms with Crippen molar-refractivity contribution in [3.05, 3.63) is 70.6 Å². The molecule has 28 heavy (non-hydrogen) atoms. The predicted molar refractivity (Wildman–Crippen MR) is 107 cm³/mol. The highest BCUT2D eigenvalue weighted by Gasteiger charge is 2.55. The summed E-state index contributed by atoms with van der Waals surface area (Å²) in [5, 5.41) is 3.35. The van der Waals surface area contributed by atoms with Gasteiger partial charge in [0, 0.05) is 68.9 Å². The number of fused-ring (bicyclic) bond motifs is 1. The molecule has 4 bridgehead atoms. The van der Waals surface area contributed by atoms with Crippen LogP contribution in [0.1, 0.15) is 5.56 Å². The van der Waals surface area contributed by atoms with Crippen LogP contribution in [0.5, 0.6) is 0 Å². The van der Waals surface area contributed by atoms with Crippen LogP contribution in [0.3, 0.4) is 0 Å². The molecule has 5 heterocycles. The van der Waals surface area contributed by atoms with Gasteiger partial charge in [-0.3, -0.25) is 9.59 Å². The van der Waals surface area contributed by atoms with Gasteiger partial charge >= 0.3 is 0 Å². The predicted octanol–water partition coefficient (Wildman–Crippen LogP) is 0.532. The highest BCUT2D eigenvalue weighted by molar-refractivity contribution is 5.76. The highest BCUT2D eigenvalue weighted by atomic mass is 16.2. The Balaban J connectivity index is 1.46. The first-order chi connectivity index (χ1) is 13.6. The van der Waals surface area contributed by atoms with Crippen LogP contribution in [-0.2, 0) is 16.8 Å². The molecule has 4 aliphatic heterocycles. The van der Waals surface area contributed by atoms with Gasteiger partial charge in [-0.25, -0.2) is 0 Å². The fourth-order valence-corrected chi connectivity index (χ4v) is 5.53. The minimum atomic E-state index is -0.144. The van der Waals surface area contributed by atoms with E-state index < -0.39 is 0 Å². The smallest absolute Gasteiger partial charge is 0.250 e. The molecule has 0 saturated carbocycles. The Morgan fingerprint density at radius 2 is 1.68 bits per heavy atom. The first-order valence-electron chi connectivity index (χ1n) is 10.1. The zero-order valence-electron chi connectivity index (χ0n) is 16.0. The number of hydrogen-bond donors (Lipinski definition) is 1. The minimum Gasteiger partial charge on any atom is -0.350 e. The topological polar surface area (TPSA) is 57.6 Å². The Hall–Kier alpha value is -2.44. The molecule has 4 aliphatic rings. The zero-order chi connectivity index (χ0) is 19.1. The number of aromatic nitrogens is 1. The van der Waals surface area contributed by atoms with Crippen molar-refractivity contribution in [3.8, 4) is 0 Å². The first-order valence-corrected chi connectivity index (χ1v) is 10.1. The van der Waals surface area contributed by atoms with Gasteiger partial charge in [-0.05, 0) is 11.6 Å². The molecule has 6 heteroatoms. The van der Waals surface area contributed by atoms with Gasteiger partial charge in [-0.2, -0.15) is 0 Å². The maximum atomic E-state index is 12.9. The zero-order valence-corrected chi connectivity index (χ0v) is 16.0. The second-order valence-electron chi connectivity index (χ2n) is 8.46. The number of nitrogens with zero attached hydrogens (tertiary/aromatic N) is 3. The maximum Gasteiger partial charge on any atom is 0.250 e. The fraction of sp³-hybridized carbons (Fsp3) is 0.455. The van der Waals surface area contributed by atoms with E-state index in [9.17, 15) is 9.59 Å². The summed E-state index contributed by atoms with van der Waals surface area (Å²) in [6.07, 6.45) is 1.67. The number of carbonyl (C=O) groups is 1. The van der Waals surface area contributed by atoms with Crippen molar-refractivity contribution < 1.29 is 4.79 Å². The Morgan fingerprint density at radius 1 is 1.00 bits per heavy atom. The quantitative estimate of drug-likeness (QED) is 0.843. The third-order valence-electron chi connectivity index (χ3n) is 6.67. The fourth-order valence-electron chi connectivity index (χ4n) is 5.53. The first kappa shape index (κ1) is 17.6. The van der Waals surface area contributed by atoms with E-state index in [2.05, 4.69) is 39.4 Å². The molecule has 4 fully saturated rings. The van der Waals surface area contributed by atoms with Gasteiger partial charge in [0.05, 0.1) is 0 Å². The lowest BCUT2D eigenvalue weighted by Crippen LogP contribution is -2.70. The average Bonchev–Trinajstić information content (AvgIpc) is 2.95. The molecule has 0 spiro atoms. The lowest BCUT2D eigenvalue weighted by Gasteiger charge is -2.55. The molecule has 0 aliphatic carbocycles. The van der Waals surface area contributed by atoms with Crippen molar-refractivity contribution in [2.45, 2.75) is 18.0 Å². The number of benzene rings is 1. The van der Waals surface area contributed by atoms with Crippen molar-refractivity contribution in [1.29, 1.82) is 0 Å². The van der Waals surface area contributed by atoms with Crippen molar-refractivity contribution in [2.75, 3.05) is 39.3 Å². The van der Waals surface area contributed by atoms with Gasteiger partial charge in [0.15, 0.2) is 0 Å². The molecule has 0 radical (unpaired) electrons. The molecule has 1 aromatic carbocycles. The SMILES string of the molecule is O=C(Cn1ccccc1=O)NC1C2CN3CCN(C2)CC1(c1ccccc1)C3. The summed E-state index contributed by atoms with van der Waals surface area (Å²) >= 11 is 0. The third-order valence-corrected chi connectivity index (χ3v) is 6.67. The van der Waals surface area contributed by atoms with Gasteiger partial charge in [0.2, 0.25) is 5.91 Å². The van der Waals surface area contributed by atoms with Gasteiger partial charge in [0.25, 0.3) is 5.56 Å². The molecule has 146 valence electrons. The van der Waals surface area contributed by atoms with Crippen LogP contribution in [0.4, 0.5) is 0 Å². The van der Waals surface area contributed by atoms with Crippen molar-refractivity contribution in [1.82, 2.24) is 19.7 Å². The van der Waals surface area contributed by atoms with E-state index in [1.54, 1.807) is 18.3 Å². The summed E-state index contributed by atoms with van der Waals surface area (Å²) in [5.74, 6) is 0.325. The number of pyridine rings is 1. The number of nitrogens with one attached hydrogen (secondary N) is 1. The molecule has 3 atom stereocenters. The van der Waals surface area contributed by atoms with E-state index in [-0.39, 0.29) is 29.5 Å². The number of piperidine rings is 2. The number of amides is 1. The van der Waals surface area contributed by atoms with E-state index in [1.807, 2.05) is 6.07 Å². The molecule has 3 unspecified atom stereocenters. The van der Waals surface area contributed by atoms with Crippen molar-refractivity contribution in [3.63, 3.8) is 0 Å². The van der Waals surface area contributed by atoms with Crippen LogP contribution in [0.15, 0.2) is 59.5 Å². The van der Waals surface area contributed by atoms with E-state index >= 15 is 0 Å². The minimum absolute atomic E-state index is 0.0706. The summed E-state index contributed by atoms with van der Waals surface area (Å²) in [4.78, 5) is 30.0. The number of carbonyl (C=O) groups excluding carboxylic acids is 1. The van der Waals surface area contributed by atoms with E-state index in [0.717, 1.165) is 39.3 Å². The second-order valence-corrected chi connectivity index (χ2v) is 8.46. The van der Waals surface area contributed by atoms with Crippen LogP contribution < -0.4 is 10.9 Å². The van der Waals surface area contributed by atoms with Crippen molar-refractivity contribution >= 4 is 5.91 Å². The Kier molecular flexibility index (Phi) is 4.33.